The summed E-state index contributed by atoms with van der Waals surface area (Å²) in [5.41, 5.74) is -0.246. The molecule has 0 heterocycles. The van der Waals surface area contributed by atoms with Crippen molar-refractivity contribution in [3.63, 3.8) is 0 Å². The summed E-state index contributed by atoms with van der Waals surface area (Å²) < 4.78 is 38.1. The van der Waals surface area contributed by atoms with E-state index in [1.54, 1.807) is 0 Å². The fourth-order valence-corrected chi connectivity index (χ4v) is 2.51. The van der Waals surface area contributed by atoms with Crippen LogP contribution in [0.3, 0.4) is 0 Å². The molecule has 116 valence electrons. The Kier molecular flexibility index (Phi) is 4.28. The highest BCUT2D eigenvalue weighted by atomic mass is 79.9. The number of carbonyl (C=O) groups is 2. The molecule has 1 aromatic carbocycles. The van der Waals surface area contributed by atoms with Crippen LogP contribution in [0.4, 0.5) is 18.9 Å². The van der Waals surface area contributed by atoms with Crippen molar-refractivity contribution in [2.75, 3.05) is 5.32 Å². The topological polar surface area (TPSA) is 46.2 Å². The van der Waals surface area contributed by atoms with Crippen molar-refractivity contribution in [1.29, 1.82) is 0 Å². The highest BCUT2D eigenvalue weighted by Gasteiger charge is 2.32. The number of ketones is 2. The molecule has 2 rings (SSSR count). The van der Waals surface area contributed by atoms with Crippen LogP contribution in [0.25, 0.3) is 0 Å². The summed E-state index contributed by atoms with van der Waals surface area (Å²) in [6, 6.07) is 4.42. The number of anilines is 1. The molecule has 0 bridgehead atoms. The fourth-order valence-electron chi connectivity index (χ4n) is 1.94. The van der Waals surface area contributed by atoms with Gasteiger partial charge in [0.2, 0.25) is 5.78 Å². The number of benzene rings is 1. The van der Waals surface area contributed by atoms with Crippen molar-refractivity contribution < 1.29 is 22.8 Å². The van der Waals surface area contributed by atoms with Crippen molar-refractivity contribution in [3.8, 4) is 0 Å². The first-order valence-corrected chi connectivity index (χ1v) is 7.03. The molecule has 0 spiro atoms. The molecule has 0 fully saturated rings. The highest BCUT2D eigenvalue weighted by Crippen LogP contribution is 2.33. The van der Waals surface area contributed by atoms with E-state index >= 15 is 0 Å². The third-order valence-corrected chi connectivity index (χ3v) is 4.11. The van der Waals surface area contributed by atoms with E-state index in [4.69, 9.17) is 0 Å². The maximum absolute atomic E-state index is 12.7. The molecule has 0 aromatic heterocycles. The summed E-state index contributed by atoms with van der Waals surface area (Å²) in [6.45, 7) is 3.03. The van der Waals surface area contributed by atoms with Gasteiger partial charge in [-0.25, -0.2) is 0 Å². The van der Waals surface area contributed by atoms with Crippen LogP contribution in [0.1, 0.15) is 19.4 Å². The molecular weight excluding hydrogens is 363 g/mol. The van der Waals surface area contributed by atoms with Crippen LogP contribution in [0.5, 0.6) is 0 Å². The van der Waals surface area contributed by atoms with Crippen molar-refractivity contribution in [1.82, 2.24) is 0 Å². The number of rotatable bonds is 2. The second-order valence-electron chi connectivity index (χ2n) is 4.80. The average molecular weight is 374 g/mol. The fraction of sp³-hybridized carbons (Fsp3) is 0.200. The van der Waals surface area contributed by atoms with Crippen molar-refractivity contribution in [3.05, 3.63) is 51.2 Å². The second-order valence-corrected chi connectivity index (χ2v) is 5.59. The van der Waals surface area contributed by atoms with Crippen LogP contribution >= 0.6 is 15.9 Å². The van der Waals surface area contributed by atoms with Gasteiger partial charge in [0.05, 0.1) is 10.0 Å². The average Bonchev–Trinajstić information content (AvgIpc) is 2.47. The van der Waals surface area contributed by atoms with Gasteiger partial charge in [-0.2, -0.15) is 13.2 Å². The van der Waals surface area contributed by atoms with Crippen LogP contribution in [0.15, 0.2) is 45.6 Å². The van der Waals surface area contributed by atoms with Crippen LogP contribution < -0.4 is 5.32 Å². The van der Waals surface area contributed by atoms with Crippen molar-refractivity contribution >= 4 is 33.2 Å². The molecule has 0 amide bonds. The van der Waals surface area contributed by atoms with E-state index < -0.39 is 17.5 Å². The summed E-state index contributed by atoms with van der Waals surface area (Å²) in [4.78, 5) is 24.2. The first-order chi connectivity index (χ1) is 10.1. The monoisotopic (exact) mass is 373 g/mol. The van der Waals surface area contributed by atoms with Gasteiger partial charge in [-0.05, 0) is 48.0 Å². The number of allylic oxidation sites excluding steroid dienone is 3. The normalized spacial score (nSPS) is 16.5. The van der Waals surface area contributed by atoms with Crippen molar-refractivity contribution in [2.45, 2.75) is 20.0 Å². The lowest BCUT2D eigenvalue weighted by Gasteiger charge is -2.19. The lowest BCUT2D eigenvalue weighted by molar-refractivity contribution is -0.137. The Balaban J connectivity index is 2.39. The van der Waals surface area contributed by atoms with Crippen LogP contribution in [0.2, 0.25) is 0 Å². The third-order valence-electron chi connectivity index (χ3n) is 3.35. The van der Waals surface area contributed by atoms with Crippen LogP contribution in [-0.4, -0.2) is 11.6 Å². The Hall–Kier alpha value is -1.89. The zero-order valence-electron chi connectivity index (χ0n) is 11.6. The first kappa shape index (κ1) is 16.5. The minimum absolute atomic E-state index is 0.0120. The van der Waals surface area contributed by atoms with E-state index in [0.717, 1.165) is 12.1 Å². The minimum atomic E-state index is -4.48. The maximum Gasteiger partial charge on any atom is 0.416 e. The molecule has 7 heteroatoms. The molecule has 0 aliphatic heterocycles. The summed E-state index contributed by atoms with van der Waals surface area (Å²) in [7, 11) is 0. The second kappa shape index (κ2) is 5.72. The molecule has 1 aliphatic rings. The van der Waals surface area contributed by atoms with E-state index in [0.29, 0.717) is 5.57 Å². The van der Waals surface area contributed by atoms with Gasteiger partial charge < -0.3 is 5.32 Å². The largest absolute Gasteiger partial charge is 0.416 e. The molecule has 0 saturated carbocycles. The van der Waals surface area contributed by atoms with E-state index in [-0.39, 0.29) is 27.2 Å². The van der Waals surface area contributed by atoms with Gasteiger partial charge >= 0.3 is 6.18 Å². The van der Waals surface area contributed by atoms with Crippen LogP contribution in [-0.2, 0) is 15.8 Å². The predicted molar refractivity (Wildman–Crippen MR) is 79.4 cm³/mol. The third kappa shape index (κ3) is 2.99. The summed E-state index contributed by atoms with van der Waals surface area (Å²) in [6.07, 6.45) is -4.48. The molecule has 1 aliphatic carbocycles. The Morgan fingerprint density at radius 3 is 2.23 bits per heavy atom. The maximum atomic E-state index is 12.7. The van der Waals surface area contributed by atoms with E-state index in [1.165, 1.54) is 26.0 Å². The molecule has 1 N–H and O–H groups in total. The molecule has 22 heavy (non-hydrogen) atoms. The first-order valence-electron chi connectivity index (χ1n) is 6.24. The summed E-state index contributed by atoms with van der Waals surface area (Å²) in [5.74, 6) is -0.798. The summed E-state index contributed by atoms with van der Waals surface area (Å²) in [5, 5.41) is 2.60. The number of carbonyl (C=O) groups excluding carboxylic acids is 2. The number of alkyl halides is 3. The molecule has 0 unspecified atom stereocenters. The SMILES string of the molecule is CC1=C(C)C(=O)C(Nc2cccc(C(F)(F)F)c2)=C(Br)C1=O. The van der Waals surface area contributed by atoms with Crippen LogP contribution in [0, 0.1) is 0 Å². The Morgan fingerprint density at radius 2 is 1.64 bits per heavy atom. The lowest BCUT2D eigenvalue weighted by atomic mass is 9.94. The molecule has 0 radical (unpaired) electrons. The van der Waals surface area contributed by atoms with Crippen molar-refractivity contribution in [2.24, 2.45) is 0 Å². The zero-order valence-corrected chi connectivity index (χ0v) is 13.2. The van der Waals surface area contributed by atoms with Gasteiger partial charge in [0.25, 0.3) is 0 Å². The summed E-state index contributed by atoms with van der Waals surface area (Å²) >= 11 is 3.03. The predicted octanol–water partition coefficient (Wildman–Crippen LogP) is 4.21. The van der Waals surface area contributed by atoms with Gasteiger partial charge in [0, 0.05) is 16.8 Å². The van der Waals surface area contributed by atoms with E-state index in [1.807, 2.05) is 0 Å². The number of hydrogen-bond donors (Lipinski definition) is 1. The lowest BCUT2D eigenvalue weighted by Crippen LogP contribution is -2.24. The quantitative estimate of drug-likeness (QED) is 0.789. The Labute approximate surface area is 133 Å². The smallest absolute Gasteiger partial charge is 0.351 e. The zero-order chi connectivity index (χ0) is 16.7. The number of Topliss-reactive ketones (excluding diaryl/α,β-unsaturated/α-hetero) is 2. The van der Waals surface area contributed by atoms with Gasteiger partial charge in [-0.3, -0.25) is 9.59 Å². The molecule has 3 nitrogen and oxygen atoms in total. The van der Waals surface area contributed by atoms with Gasteiger partial charge in [0.15, 0.2) is 5.78 Å². The minimum Gasteiger partial charge on any atom is -0.351 e. The van der Waals surface area contributed by atoms with Gasteiger partial charge in [-0.15, -0.1) is 0 Å². The molecule has 0 atom stereocenters. The number of halogens is 4. The van der Waals surface area contributed by atoms with Gasteiger partial charge in [-0.1, -0.05) is 6.07 Å². The Morgan fingerprint density at radius 1 is 1.05 bits per heavy atom. The molecule has 0 saturated heterocycles. The van der Waals surface area contributed by atoms with E-state index in [2.05, 4.69) is 21.2 Å². The standard InChI is InChI=1S/C15H11BrF3NO2/c1-7-8(2)14(22)12(11(16)13(7)21)20-10-5-3-4-9(6-10)15(17,18)19/h3-6,20H,1-2H3. The van der Waals surface area contributed by atoms with Gasteiger partial charge in [0.1, 0.15) is 5.70 Å². The van der Waals surface area contributed by atoms with E-state index in [9.17, 15) is 22.8 Å². The molecular formula is C15H11BrF3NO2. The number of hydrogen-bond acceptors (Lipinski definition) is 3. The highest BCUT2D eigenvalue weighted by molar-refractivity contribution is 9.12. The molecule has 1 aromatic rings. The number of nitrogens with one attached hydrogen (secondary N) is 1. The Bertz CT molecular complexity index is 733.